The Hall–Kier alpha value is -2.64. The molecule has 8 heteroatoms. The lowest BCUT2D eigenvalue weighted by atomic mass is 9.74. The number of oxazole rings is 1. The predicted molar refractivity (Wildman–Crippen MR) is 111 cm³/mol. The Morgan fingerprint density at radius 2 is 2.07 bits per heavy atom. The second kappa shape index (κ2) is 7.31. The van der Waals surface area contributed by atoms with Gasteiger partial charge in [0.1, 0.15) is 5.52 Å². The number of carbonyl (C=O) groups excluding carboxylic acids is 1. The van der Waals surface area contributed by atoms with Gasteiger partial charge in [-0.25, -0.2) is 9.78 Å². The van der Waals surface area contributed by atoms with Gasteiger partial charge in [0.2, 0.25) is 5.89 Å². The first-order valence-corrected chi connectivity index (χ1v) is 10.3. The lowest BCUT2D eigenvalue weighted by molar-refractivity contribution is 0.209. The van der Waals surface area contributed by atoms with Crippen LogP contribution in [0.3, 0.4) is 0 Å². The van der Waals surface area contributed by atoms with E-state index >= 15 is 0 Å². The lowest BCUT2D eigenvalue weighted by Gasteiger charge is -2.42. The quantitative estimate of drug-likeness (QED) is 0.589. The molecule has 1 aromatic carbocycles. The summed E-state index contributed by atoms with van der Waals surface area (Å²) in [6.45, 7) is 1.10. The van der Waals surface area contributed by atoms with Crippen LogP contribution in [0.25, 0.3) is 11.1 Å². The fraction of sp³-hybridized carbons (Fsp3) is 0.381. The number of halogens is 1. The number of benzene rings is 1. The van der Waals surface area contributed by atoms with Crippen molar-refractivity contribution in [2.75, 3.05) is 5.32 Å². The third-order valence-corrected chi connectivity index (χ3v) is 6.06. The van der Waals surface area contributed by atoms with Crippen molar-refractivity contribution < 1.29 is 9.21 Å². The highest BCUT2D eigenvalue weighted by atomic mass is 35.5. The highest BCUT2D eigenvalue weighted by Gasteiger charge is 2.44. The van der Waals surface area contributed by atoms with Gasteiger partial charge < -0.3 is 20.4 Å². The highest BCUT2D eigenvalue weighted by Crippen LogP contribution is 2.48. The first-order valence-electron chi connectivity index (χ1n) is 9.97. The Kier molecular flexibility index (Phi) is 4.64. The number of anilines is 1. The Bertz CT molecular complexity index is 1060. The van der Waals surface area contributed by atoms with Gasteiger partial charge in [0, 0.05) is 18.3 Å². The number of carbonyl (C=O) groups is 1. The SMILES string of the molecule is O=C1Nc2c(Cl)cc3nc(CNCc4ccccn4)oc3c2C2(CCCCC2)N1. The number of rotatable bonds is 4. The standard InChI is InChI=1S/C21H22ClN5O2/c22-14-10-15-19(29-16(25-15)12-23-11-13-6-2-5-9-24-13)17-18(14)26-20(28)27-21(17)7-3-1-4-8-21/h2,5-6,9-10,23H,1,3-4,7-8,11-12H2,(H2,26,27,28). The monoisotopic (exact) mass is 411 g/mol. The van der Waals surface area contributed by atoms with Gasteiger partial charge in [0.15, 0.2) is 5.58 Å². The zero-order valence-electron chi connectivity index (χ0n) is 15.9. The first-order chi connectivity index (χ1) is 14.1. The summed E-state index contributed by atoms with van der Waals surface area (Å²) in [5, 5.41) is 9.84. The number of urea groups is 1. The topological polar surface area (TPSA) is 92.1 Å². The smallest absolute Gasteiger partial charge is 0.319 e. The summed E-state index contributed by atoms with van der Waals surface area (Å²) in [6, 6.07) is 7.38. The number of aromatic nitrogens is 2. The molecule has 1 aliphatic carbocycles. The van der Waals surface area contributed by atoms with Gasteiger partial charge in [-0.1, -0.05) is 36.9 Å². The molecule has 1 spiro atoms. The van der Waals surface area contributed by atoms with Crippen LogP contribution in [0.2, 0.25) is 5.02 Å². The summed E-state index contributed by atoms with van der Waals surface area (Å²) < 4.78 is 6.18. The third kappa shape index (κ3) is 3.34. The Labute approximate surface area is 173 Å². The average Bonchev–Trinajstić information content (AvgIpc) is 3.11. The van der Waals surface area contributed by atoms with Crippen molar-refractivity contribution in [1.29, 1.82) is 0 Å². The zero-order chi connectivity index (χ0) is 19.8. The number of nitrogens with zero attached hydrogens (tertiary/aromatic N) is 2. The first kappa shape index (κ1) is 18.4. The third-order valence-electron chi connectivity index (χ3n) is 5.76. The predicted octanol–water partition coefficient (Wildman–Crippen LogP) is 4.46. The molecule has 2 amide bonds. The summed E-state index contributed by atoms with van der Waals surface area (Å²) in [5.41, 5.74) is 3.51. The molecule has 2 aromatic heterocycles. The highest BCUT2D eigenvalue weighted by molar-refractivity contribution is 6.35. The van der Waals surface area contributed by atoms with E-state index in [1.807, 2.05) is 18.2 Å². The van der Waals surface area contributed by atoms with Crippen LogP contribution in [-0.4, -0.2) is 16.0 Å². The number of pyridine rings is 1. The molecule has 1 aliphatic heterocycles. The van der Waals surface area contributed by atoms with Gasteiger partial charge >= 0.3 is 6.03 Å². The molecular weight excluding hydrogens is 390 g/mol. The average molecular weight is 412 g/mol. The number of fused-ring (bicyclic) bond motifs is 4. The van der Waals surface area contributed by atoms with E-state index in [9.17, 15) is 4.79 Å². The van der Waals surface area contributed by atoms with Gasteiger partial charge in [-0.15, -0.1) is 0 Å². The summed E-state index contributed by atoms with van der Waals surface area (Å²) >= 11 is 6.53. The van der Waals surface area contributed by atoms with E-state index in [0.717, 1.165) is 36.9 Å². The molecule has 1 saturated carbocycles. The van der Waals surface area contributed by atoms with Crippen LogP contribution in [0.1, 0.15) is 49.3 Å². The second-order valence-corrected chi connectivity index (χ2v) is 8.12. The van der Waals surface area contributed by atoms with Crippen LogP contribution in [0.5, 0.6) is 0 Å². The largest absolute Gasteiger partial charge is 0.439 e. The summed E-state index contributed by atoms with van der Waals surface area (Å²) in [5.74, 6) is 0.586. The van der Waals surface area contributed by atoms with Gasteiger partial charge in [-0.2, -0.15) is 0 Å². The van der Waals surface area contributed by atoms with Gasteiger partial charge in [-0.05, 0) is 31.0 Å². The Balaban J connectivity index is 1.49. The maximum absolute atomic E-state index is 12.3. The maximum Gasteiger partial charge on any atom is 0.319 e. The zero-order valence-corrected chi connectivity index (χ0v) is 16.7. The van der Waals surface area contributed by atoms with E-state index in [2.05, 4.69) is 25.9 Å². The fourth-order valence-corrected chi connectivity index (χ4v) is 4.73. The lowest BCUT2D eigenvalue weighted by Crippen LogP contribution is -2.52. The fourth-order valence-electron chi connectivity index (χ4n) is 4.49. The van der Waals surface area contributed by atoms with Crippen molar-refractivity contribution >= 4 is 34.4 Å². The molecule has 3 heterocycles. The minimum atomic E-state index is -0.447. The molecule has 29 heavy (non-hydrogen) atoms. The summed E-state index contributed by atoms with van der Waals surface area (Å²) in [4.78, 5) is 21.3. The normalized spacial score (nSPS) is 17.8. The van der Waals surface area contributed by atoms with Crippen molar-refractivity contribution in [2.45, 2.75) is 50.7 Å². The number of nitrogens with one attached hydrogen (secondary N) is 3. The molecular formula is C21H22ClN5O2. The minimum absolute atomic E-state index is 0.211. The minimum Gasteiger partial charge on any atom is -0.439 e. The summed E-state index contributed by atoms with van der Waals surface area (Å²) in [6.07, 6.45) is 6.80. The van der Waals surface area contributed by atoms with Crippen molar-refractivity contribution in [3.8, 4) is 0 Å². The molecule has 0 bridgehead atoms. The molecule has 3 N–H and O–H groups in total. The van der Waals surface area contributed by atoms with Crippen LogP contribution in [0.4, 0.5) is 10.5 Å². The van der Waals surface area contributed by atoms with Gasteiger partial charge in [0.25, 0.3) is 0 Å². The molecule has 3 aromatic rings. The number of amides is 2. The Morgan fingerprint density at radius 1 is 1.21 bits per heavy atom. The van der Waals surface area contributed by atoms with Crippen LogP contribution in [0, 0.1) is 0 Å². The molecule has 0 unspecified atom stereocenters. The molecule has 150 valence electrons. The van der Waals surface area contributed by atoms with Crippen LogP contribution >= 0.6 is 11.6 Å². The van der Waals surface area contributed by atoms with E-state index in [1.54, 1.807) is 12.3 Å². The molecule has 0 atom stereocenters. The van der Waals surface area contributed by atoms with Gasteiger partial charge in [-0.3, -0.25) is 4.98 Å². The molecule has 0 saturated heterocycles. The van der Waals surface area contributed by atoms with Crippen LogP contribution < -0.4 is 16.0 Å². The number of hydrogen-bond donors (Lipinski definition) is 3. The van der Waals surface area contributed by atoms with Crippen LogP contribution in [-0.2, 0) is 18.6 Å². The van der Waals surface area contributed by atoms with E-state index in [1.165, 1.54) is 6.42 Å². The second-order valence-electron chi connectivity index (χ2n) is 7.71. The van der Waals surface area contributed by atoms with E-state index < -0.39 is 5.54 Å². The maximum atomic E-state index is 12.3. The van der Waals surface area contributed by atoms with Crippen LogP contribution in [0.15, 0.2) is 34.9 Å². The van der Waals surface area contributed by atoms with Gasteiger partial charge in [0.05, 0.1) is 28.5 Å². The van der Waals surface area contributed by atoms with Crippen molar-refractivity contribution in [2.24, 2.45) is 0 Å². The molecule has 2 aliphatic rings. The van der Waals surface area contributed by atoms with Crippen molar-refractivity contribution in [1.82, 2.24) is 20.6 Å². The molecule has 1 fully saturated rings. The number of hydrogen-bond acceptors (Lipinski definition) is 5. The van der Waals surface area contributed by atoms with E-state index in [4.69, 9.17) is 16.0 Å². The van der Waals surface area contributed by atoms with Crippen molar-refractivity contribution in [3.63, 3.8) is 0 Å². The van der Waals surface area contributed by atoms with Crippen molar-refractivity contribution in [3.05, 3.63) is 52.6 Å². The van der Waals surface area contributed by atoms with E-state index in [0.29, 0.717) is 40.8 Å². The van der Waals surface area contributed by atoms with E-state index in [-0.39, 0.29) is 6.03 Å². The molecule has 5 rings (SSSR count). The molecule has 7 nitrogen and oxygen atoms in total. The Morgan fingerprint density at radius 3 is 2.86 bits per heavy atom. The summed E-state index contributed by atoms with van der Waals surface area (Å²) in [7, 11) is 0. The molecule has 0 radical (unpaired) electrons.